The number of morpholine rings is 1. The molecule has 1 N–H and O–H groups in total. The monoisotopic (exact) mass is 390 g/mol. The summed E-state index contributed by atoms with van der Waals surface area (Å²) < 4.78 is 23.5. The van der Waals surface area contributed by atoms with Crippen molar-refractivity contribution in [2.24, 2.45) is 0 Å². The summed E-state index contributed by atoms with van der Waals surface area (Å²) in [6.45, 7) is 4.11. The van der Waals surface area contributed by atoms with Crippen LogP contribution in [0.1, 0.15) is 16.8 Å². The molecular weight excluding hydrogens is 367 g/mol. The maximum atomic E-state index is 13.5. The minimum atomic E-state index is -0.494. The summed E-state index contributed by atoms with van der Waals surface area (Å²) >= 11 is 0. The molecule has 1 aromatic carbocycles. The molecule has 150 valence electrons. The lowest BCUT2D eigenvalue weighted by atomic mass is 10.2. The SMILES string of the molecule is O=C(CN(CCCN1CCOCC1)C(=O)c1cccc(F)c1)Nc1ccon1. The number of benzene rings is 1. The van der Waals surface area contributed by atoms with Crippen LogP contribution in [0.4, 0.5) is 10.2 Å². The second kappa shape index (κ2) is 9.95. The molecule has 3 rings (SSSR count). The molecule has 0 aliphatic carbocycles. The molecule has 1 saturated heterocycles. The standard InChI is InChI=1S/C19H23FN4O4/c20-16-4-1-3-15(13-16)19(26)24(7-2-6-23-8-11-27-12-9-23)14-18(25)21-17-5-10-28-22-17/h1,3-5,10,13H,2,6-9,11-12,14H2,(H,21,22,25). The minimum Gasteiger partial charge on any atom is -0.379 e. The summed E-state index contributed by atoms with van der Waals surface area (Å²) in [6, 6.07) is 6.97. The molecule has 0 saturated carbocycles. The van der Waals surface area contributed by atoms with E-state index in [-0.39, 0.29) is 17.9 Å². The molecular formula is C19H23FN4O4. The van der Waals surface area contributed by atoms with E-state index in [0.717, 1.165) is 19.6 Å². The normalized spacial score (nSPS) is 14.6. The highest BCUT2D eigenvalue weighted by Crippen LogP contribution is 2.10. The van der Waals surface area contributed by atoms with Gasteiger partial charge in [0.05, 0.1) is 13.2 Å². The van der Waals surface area contributed by atoms with Gasteiger partial charge >= 0.3 is 0 Å². The first kappa shape index (κ1) is 20.0. The zero-order chi connectivity index (χ0) is 19.8. The van der Waals surface area contributed by atoms with Crippen LogP contribution >= 0.6 is 0 Å². The predicted octanol–water partition coefficient (Wildman–Crippen LogP) is 1.62. The van der Waals surface area contributed by atoms with E-state index in [0.29, 0.717) is 26.2 Å². The number of nitrogens with zero attached hydrogens (tertiary/aromatic N) is 3. The van der Waals surface area contributed by atoms with E-state index in [9.17, 15) is 14.0 Å². The van der Waals surface area contributed by atoms with Gasteiger partial charge in [-0.3, -0.25) is 14.5 Å². The molecule has 1 aliphatic heterocycles. The quantitative estimate of drug-likeness (QED) is 0.737. The van der Waals surface area contributed by atoms with Gasteiger partial charge in [-0.25, -0.2) is 4.39 Å². The molecule has 9 heteroatoms. The first-order chi connectivity index (χ1) is 13.6. The number of hydrogen-bond donors (Lipinski definition) is 1. The number of nitrogens with one attached hydrogen (secondary N) is 1. The summed E-state index contributed by atoms with van der Waals surface area (Å²) in [6.07, 6.45) is 2.03. The van der Waals surface area contributed by atoms with Crippen molar-refractivity contribution in [1.29, 1.82) is 0 Å². The Morgan fingerprint density at radius 3 is 2.79 bits per heavy atom. The second-order valence-corrected chi connectivity index (χ2v) is 6.48. The van der Waals surface area contributed by atoms with Gasteiger partial charge in [-0.1, -0.05) is 11.2 Å². The van der Waals surface area contributed by atoms with E-state index in [4.69, 9.17) is 4.74 Å². The van der Waals surface area contributed by atoms with Crippen molar-refractivity contribution in [3.63, 3.8) is 0 Å². The number of hydrogen-bond acceptors (Lipinski definition) is 6. The molecule has 2 aromatic rings. The minimum absolute atomic E-state index is 0.161. The molecule has 0 radical (unpaired) electrons. The molecule has 0 atom stereocenters. The van der Waals surface area contributed by atoms with E-state index in [1.165, 1.54) is 41.5 Å². The van der Waals surface area contributed by atoms with Gasteiger partial charge in [0.1, 0.15) is 18.6 Å². The Balaban J connectivity index is 1.61. The zero-order valence-corrected chi connectivity index (χ0v) is 15.5. The lowest BCUT2D eigenvalue weighted by Crippen LogP contribution is -2.41. The van der Waals surface area contributed by atoms with Crippen LogP contribution in [0, 0.1) is 5.82 Å². The summed E-state index contributed by atoms with van der Waals surface area (Å²) in [7, 11) is 0. The molecule has 2 heterocycles. The number of ether oxygens (including phenoxy) is 1. The molecule has 1 aliphatic rings. The first-order valence-electron chi connectivity index (χ1n) is 9.17. The number of anilines is 1. The Morgan fingerprint density at radius 2 is 2.07 bits per heavy atom. The van der Waals surface area contributed by atoms with Crippen molar-refractivity contribution in [3.8, 4) is 0 Å². The number of aromatic nitrogens is 1. The number of rotatable bonds is 8. The highest BCUT2D eigenvalue weighted by Gasteiger charge is 2.20. The Kier molecular flexibility index (Phi) is 7.10. The Bertz CT molecular complexity index is 778. The third-order valence-corrected chi connectivity index (χ3v) is 4.40. The van der Waals surface area contributed by atoms with Crippen molar-refractivity contribution in [1.82, 2.24) is 15.0 Å². The van der Waals surface area contributed by atoms with E-state index < -0.39 is 17.6 Å². The molecule has 0 bridgehead atoms. The van der Waals surface area contributed by atoms with Crippen LogP contribution in [0.15, 0.2) is 41.1 Å². The Morgan fingerprint density at radius 1 is 1.25 bits per heavy atom. The average molecular weight is 390 g/mol. The number of amides is 2. The Hall–Kier alpha value is -2.78. The van der Waals surface area contributed by atoms with Crippen LogP contribution in [-0.2, 0) is 9.53 Å². The van der Waals surface area contributed by atoms with Crippen LogP contribution in [-0.4, -0.2) is 72.7 Å². The van der Waals surface area contributed by atoms with Gasteiger partial charge in [0.2, 0.25) is 5.91 Å². The van der Waals surface area contributed by atoms with Crippen molar-refractivity contribution < 1.29 is 23.2 Å². The molecule has 2 amide bonds. The zero-order valence-electron chi connectivity index (χ0n) is 15.5. The fourth-order valence-electron chi connectivity index (χ4n) is 3.00. The van der Waals surface area contributed by atoms with Crippen LogP contribution in [0.2, 0.25) is 0 Å². The van der Waals surface area contributed by atoms with Crippen LogP contribution in [0.25, 0.3) is 0 Å². The topological polar surface area (TPSA) is 87.9 Å². The second-order valence-electron chi connectivity index (χ2n) is 6.48. The smallest absolute Gasteiger partial charge is 0.254 e. The van der Waals surface area contributed by atoms with Crippen molar-refractivity contribution >= 4 is 17.6 Å². The molecule has 28 heavy (non-hydrogen) atoms. The highest BCUT2D eigenvalue weighted by atomic mass is 19.1. The van der Waals surface area contributed by atoms with Gasteiger partial charge < -0.3 is 19.5 Å². The van der Waals surface area contributed by atoms with Gasteiger partial charge in [-0.15, -0.1) is 0 Å². The average Bonchev–Trinajstić information content (AvgIpc) is 3.20. The summed E-state index contributed by atoms with van der Waals surface area (Å²) in [4.78, 5) is 28.8. The lowest BCUT2D eigenvalue weighted by molar-refractivity contribution is -0.117. The maximum absolute atomic E-state index is 13.5. The molecule has 8 nitrogen and oxygen atoms in total. The fraction of sp³-hybridized carbons (Fsp3) is 0.421. The van der Waals surface area contributed by atoms with Crippen molar-refractivity contribution in [3.05, 3.63) is 48.0 Å². The molecule has 0 unspecified atom stereocenters. The summed E-state index contributed by atoms with van der Waals surface area (Å²) in [5.41, 5.74) is 0.209. The van der Waals surface area contributed by atoms with Gasteiger partial charge in [0.15, 0.2) is 5.82 Å². The Labute approximate surface area is 162 Å². The number of halogens is 1. The number of carbonyl (C=O) groups excluding carboxylic acids is 2. The lowest BCUT2D eigenvalue weighted by Gasteiger charge is -2.28. The van der Waals surface area contributed by atoms with Gasteiger partial charge in [-0.05, 0) is 24.6 Å². The van der Waals surface area contributed by atoms with E-state index >= 15 is 0 Å². The summed E-state index contributed by atoms with van der Waals surface area (Å²) in [5.74, 6) is -1.01. The molecule has 0 spiro atoms. The van der Waals surface area contributed by atoms with Gasteiger partial charge in [0, 0.05) is 37.8 Å². The molecule has 1 fully saturated rings. The van der Waals surface area contributed by atoms with Crippen LogP contribution in [0.3, 0.4) is 0 Å². The van der Waals surface area contributed by atoms with Gasteiger partial charge in [-0.2, -0.15) is 0 Å². The van der Waals surface area contributed by atoms with Crippen LogP contribution in [0.5, 0.6) is 0 Å². The first-order valence-corrected chi connectivity index (χ1v) is 9.17. The third kappa shape index (κ3) is 5.86. The highest BCUT2D eigenvalue weighted by molar-refractivity contribution is 5.99. The maximum Gasteiger partial charge on any atom is 0.254 e. The van der Waals surface area contributed by atoms with Crippen LogP contribution < -0.4 is 5.32 Å². The fourth-order valence-corrected chi connectivity index (χ4v) is 3.00. The predicted molar refractivity (Wildman–Crippen MR) is 99.3 cm³/mol. The third-order valence-electron chi connectivity index (χ3n) is 4.40. The van der Waals surface area contributed by atoms with Crippen molar-refractivity contribution in [2.45, 2.75) is 6.42 Å². The van der Waals surface area contributed by atoms with E-state index in [1.807, 2.05) is 0 Å². The van der Waals surface area contributed by atoms with Crippen molar-refractivity contribution in [2.75, 3.05) is 51.3 Å². The van der Waals surface area contributed by atoms with E-state index in [2.05, 4.69) is 19.9 Å². The largest absolute Gasteiger partial charge is 0.379 e. The van der Waals surface area contributed by atoms with E-state index in [1.54, 1.807) is 0 Å². The van der Waals surface area contributed by atoms with Gasteiger partial charge in [0.25, 0.3) is 5.91 Å². The number of carbonyl (C=O) groups is 2. The summed E-state index contributed by atoms with van der Waals surface area (Å²) in [5, 5.41) is 6.19. The molecule has 1 aromatic heterocycles.